The minimum atomic E-state index is -2.92. The zero-order valence-electron chi connectivity index (χ0n) is 9.69. The third kappa shape index (κ3) is 2.98. The molecule has 0 bridgehead atoms. The number of carbonyl (C=O) groups excluding carboxylic acids is 1. The molecule has 0 unspecified atom stereocenters. The first-order valence-corrected chi connectivity index (χ1v) is 5.93. The molecule has 0 radical (unpaired) electrons. The van der Waals surface area contributed by atoms with E-state index in [0.29, 0.717) is 15.4 Å². The first kappa shape index (κ1) is 13.7. The highest BCUT2D eigenvalue weighted by molar-refractivity contribution is 9.10. The number of nitrogens with zero attached hydrogens (tertiary/aromatic N) is 1. The number of aromatic nitrogens is 1. The third-order valence-electron chi connectivity index (χ3n) is 2.36. The van der Waals surface area contributed by atoms with Gasteiger partial charge in [0.15, 0.2) is 0 Å². The molecule has 0 N–H and O–H groups in total. The second-order valence-corrected chi connectivity index (χ2v) is 4.43. The summed E-state index contributed by atoms with van der Waals surface area (Å²) in [6.45, 7) is -2.92. The maximum Gasteiger partial charge on any atom is 0.387 e. The quantitative estimate of drug-likeness (QED) is 0.809. The van der Waals surface area contributed by atoms with Crippen molar-refractivity contribution >= 4 is 32.8 Å². The Labute approximate surface area is 115 Å². The average Bonchev–Trinajstić information content (AvgIpc) is 2.36. The summed E-state index contributed by atoms with van der Waals surface area (Å²) in [5.74, 6) is -0.566. The van der Waals surface area contributed by atoms with E-state index in [1.807, 2.05) is 0 Å². The number of benzene rings is 1. The Morgan fingerprint density at radius 3 is 2.74 bits per heavy atom. The van der Waals surface area contributed by atoms with Crippen LogP contribution < -0.4 is 4.74 Å². The normalized spacial score (nSPS) is 10.8. The van der Waals surface area contributed by atoms with Gasteiger partial charge in [0.2, 0.25) is 0 Å². The van der Waals surface area contributed by atoms with Crippen LogP contribution in [0, 0.1) is 0 Å². The summed E-state index contributed by atoms with van der Waals surface area (Å²) < 4.78 is 33.8. The Balaban J connectivity index is 2.53. The number of fused-ring (bicyclic) bond motifs is 1. The lowest BCUT2D eigenvalue weighted by molar-refractivity contribution is -0.0497. The molecule has 0 aliphatic carbocycles. The highest BCUT2D eigenvalue weighted by atomic mass is 79.9. The fourth-order valence-electron chi connectivity index (χ4n) is 1.58. The lowest BCUT2D eigenvalue weighted by atomic mass is 10.1. The van der Waals surface area contributed by atoms with Crippen LogP contribution in [0.15, 0.2) is 28.9 Å². The van der Waals surface area contributed by atoms with Crippen LogP contribution in [-0.4, -0.2) is 24.7 Å². The van der Waals surface area contributed by atoms with Gasteiger partial charge in [-0.3, -0.25) is 4.98 Å². The molecule has 2 rings (SSSR count). The lowest BCUT2D eigenvalue weighted by Crippen LogP contribution is -2.03. The highest BCUT2D eigenvalue weighted by Crippen LogP contribution is 2.29. The largest absolute Gasteiger partial charge is 0.465 e. The lowest BCUT2D eigenvalue weighted by Gasteiger charge is -2.08. The number of alkyl halides is 2. The molecule has 0 aliphatic heterocycles. The SMILES string of the molecule is COC(=O)c1cnc2c(Br)cc(OC(F)F)cc2c1. The van der Waals surface area contributed by atoms with E-state index >= 15 is 0 Å². The number of halogens is 3. The summed E-state index contributed by atoms with van der Waals surface area (Å²) in [5.41, 5.74) is 0.769. The average molecular weight is 332 g/mol. The molecule has 0 saturated carbocycles. The zero-order valence-corrected chi connectivity index (χ0v) is 11.3. The van der Waals surface area contributed by atoms with Gasteiger partial charge in [-0.2, -0.15) is 8.78 Å². The first-order chi connectivity index (χ1) is 9.01. The van der Waals surface area contributed by atoms with Crippen molar-refractivity contribution in [2.45, 2.75) is 6.61 Å². The molecule has 7 heteroatoms. The predicted molar refractivity (Wildman–Crippen MR) is 67.4 cm³/mol. The fraction of sp³-hybridized carbons (Fsp3) is 0.167. The first-order valence-electron chi connectivity index (χ1n) is 5.13. The second-order valence-electron chi connectivity index (χ2n) is 3.57. The maximum atomic E-state index is 12.2. The van der Waals surface area contributed by atoms with Gasteiger partial charge in [0.25, 0.3) is 0 Å². The molecule has 0 spiro atoms. The number of methoxy groups -OCH3 is 1. The van der Waals surface area contributed by atoms with Gasteiger partial charge in [-0.25, -0.2) is 4.79 Å². The molecule has 0 saturated heterocycles. The van der Waals surface area contributed by atoms with Crippen LogP contribution in [-0.2, 0) is 4.74 Å². The summed E-state index contributed by atoms with van der Waals surface area (Å²) >= 11 is 3.21. The van der Waals surface area contributed by atoms with Crippen molar-refractivity contribution in [3.63, 3.8) is 0 Å². The fourth-order valence-corrected chi connectivity index (χ4v) is 2.14. The van der Waals surface area contributed by atoms with Gasteiger partial charge in [-0.05, 0) is 34.1 Å². The van der Waals surface area contributed by atoms with E-state index in [0.717, 1.165) is 0 Å². The van der Waals surface area contributed by atoms with Crippen LogP contribution in [0.2, 0.25) is 0 Å². The van der Waals surface area contributed by atoms with E-state index in [4.69, 9.17) is 0 Å². The number of carbonyl (C=O) groups is 1. The molecular weight excluding hydrogens is 324 g/mol. The summed E-state index contributed by atoms with van der Waals surface area (Å²) in [5, 5.41) is 0.493. The van der Waals surface area contributed by atoms with Crippen molar-refractivity contribution < 1.29 is 23.0 Å². The van der Waals surface area contributed by atoms with Gasteiger partial charge in [0, 0.05) is 16.1 Å². The van der Waals surface area contributed by atoms with E-state index in [2.05, 4.69) is 30.4 Å². The van der Waals surface area contributed by atoms with Crippen molar-refractivity contribution in [3.8, 4) is 5.75 Å². The molecule has 4 nitrogen and oxygen atoms in total. The van der Waals surface area contributed by atoms with Gasteiger partial charge in [0.05, 0.1) is 18.2 Å². The molecule has 0 fully saturated rings. The number of pyridine rings is 1. The Morgan fingerprint density at radius 2 is 2.11 bits per heavy atom. The Kier molecular flexibility index (Phi) is 3.94. The van der Waals surface area contributed by atoms with Gasteiger partial charge in [0.1, 0.15) is 5.75 Å². The van der Waals surface area contributed by atoms with E-state index in [1.165, 1.54) is 31.5 Å². The van der Waals surface area contributed by atoms with Gasteiger partial charge in [-0.15, -0.1) is 0 Å². The second kappa shape index (κ2) is 5.48. The molecule has 0 amide bonds. The minimum Gasteiger partial charge on any atom is -0.465 e. The van der Waals surface area contributed by atoms with Gasteiger partial charge in [-0.1, -0.05) is 0 Å². The molecule has 2 aromatic rings. The molecular formula is C12H8BrF2NO3. The number of ether oxygens (including phenoxy) is 2. The van der Waals surface area contributed by atoms with Crippen molar-refractivity contribution in [1.82, 2.24) is 4.98 Å². The van der Waals surface area contributed by atoms with Crippen LogP contribution in [0.25, 0.3) is 10.9 Å². The van der Waals surface area contributed by atoms with E-state index in [1.54, 1.807) is 0 Å². The molecule has 1 heterocycles. The number of rotatable bonds is 3. The van der Waals surface area contributed by atoms with Crippen LogP contribution in [0.1, 0.15) is 10.4 Å². The van der Waals surface area contributed by atoms with E-state index < -0.39 is 12.6 Å². The van der Waals surface area contributed by atoms with Crippen molar-refractivity contribution in [2.24, 2.45) is 0 Å². The summed E-state index contributed by atoms with van der Waals surface area (Å²) in [7, 11) is 1.25. The van der Waals surface area contributed by atoms with Crippen molar-refractivity contribution in [1.29, 1.82) is 0 Å². The molecule has 1 aromatic heterocycles. The van der Waals surface area contributed by atoms with Crippen molar-refractivity contribution in [3.05, 3.63) is 34.4 Å². The highest BCUT2D eigenvalue weighted by Gasteiger charge is 2.12. The van der Waals surface area contributed by atoms with Gasteiger partial charge < -0.3 is 9.47 Å². The minimum absolute atomic E-state index is 0.0156. The third-order valence-corrected chi connectivity index (χ3v) is 2.96. The molecule has 0 atom stereocenters. The van der Waals surface area contributed by atoms with E-state index in [9.17, 15) is 13.6 Å². The molecule has 19 heavy (non-hydrogen) atoms. The summed E-state index contributed by atoms with van der Waals surface area (Å²) in [6.07, 6.45) is 1.35. The summed E-state index contributed by atoms with van der Waals surface area (Å²) in [6, 6.07) is 4.27. The maximum absolute atomic E-state index is 12.2. The Hall–Kier alpha value is -1.76. The Morgan fingerprint density at radius 1 is 1.37 bits per heavy atom. The van der Waals surface area contributed by atoms with Crippen LogP contribution in [0.5, 0.6) is 5.75 Å². The molecule has 1 aromatic carbocycles. The number of hydrogen-bond acceptors (Lipinski definition) is 4. The van der Waals surface area contributed by atoms with Gasteiger partial charge >= 0.3 is 12.6 Å². The number of esters is 1. The number of hydrogen-bond donors (Lipinski definition) is 0. The standard InChI is InChI=1S/C12H8BrF2NO3/c1-18-11(17)7-2-6-3-8(19-12(14)15)4-9(13)10(6)16-5-7/h2-5,12H,1H3. The monoisotopic (exact) mass is 331 g/mol. The van der Waals surface area contributed by atoms with Crippen LogP contribution >= 0.6 is 15.9 Å². The van der Waals surface area contributed by atoms with E-state index in [-0.39, 0.29) is 11.3 Å². The molecule has 0 aliphatic rings. The topological polar surface area (TPSA) is 48.4 Å². The molecule has 100 valence electrons. The summed E-state index contributed by atoms with van der Waals surface area (Å²) in [4.78, 5) is 15.5. The van der Waals surface area contributed by atoms with Crippen LogP contribution in [0.3, 0.4) is 0 Å². The Bertz CT molecular complexity index is 634. The smallest absolute Gasteiger partial charge is 0.387 e. The zero-order chi connectivity index (χ0) is 14.0. The van der Waals surface area contributed by atoms with Crippen molar-refractivity contribution in [2.75, 3.05) is 7.11 Å². The van der Waals surface area contributed by atoms with Crippen LogP contribution in [0.4, 0.5) is 8.78 Å². The predicted octanol–water partition coefficient (Wildman–Crippen LogP) is 3.39.